The third-order valence-corrected chi connectivity index (χ3v) is 1.96. The molecule has 1 unspecified atom stereocenters. The molecule has 1 aliphatic heterocycles. The van der Waals surface area contributed by atoms with Gasteiger partial charge >= 0.3 is 6.09 Å². The van der Waals surface area contributed by atoms with Gasteiger partial charge in [0.25, 0.3) is 5.91 Å². The summed E-state index contributed by atoms with van der Waals surface area (Å²) in [6.45, 7) is 0. The van der Waals surface area contributed by atoms with E-state index in [2.05, 4.69) is 4.98 Å². The molecule has 7 heteroatoms. The average Bonchev–Trinajstić information content (AvgIpc) is 2.57. The average molecular weight is 231 g/mol. The van der Waals surface area contributed by atoms with Gasteiger partial charge in [-0.05, 0) is 12.1 Å². The van der Waals surface area contributed by atoms with Gasteiger partial charge in [0, 0.05) is 35.8 Å². The fourth-order valence-corrected chi connectivity index (χ4v) is 1.33. The molecule has 1 aromatic heterocycles. The summed E-state index contributed by atoms with van der Waals surface area (Å²) >= 11 is 0. The maximum absolute atomic E-state index is 11.3. The van der Waals surface area contributed by atoms with Gasteiger partial charge in [0.2, 0.25) is 12.0 Å². The first-order chi connectivity index (χ1) is 7.22. The summed E-state index contributed by atoms with van der Waals surface area (Å²) in [5.41, 5.74) is 0.434. The summed E-state index contributed by atoms with van der Waals surface area (Å²) in [7, 11) is 1.43. The number of amides is 2. The van der Waals surface area contributed by atoms with Crippen LogP contribution in [0.2, 0.25) is 0 Å². The van der Waals surface area contributed by atoms with E-state index in [1.165, 1.54) is 13.3 Å². The van der Waals surface area contributed by atoms with Crippen molar-refractivity contribution < 1.29 is 19.1 Å². The minimum Gasteiger partial charge on any atom is -0.481 e. The summed E-state index contributed by atoms with van der Waals surface area (Å²) in [5, 5.41) is 2.03. The molecule has 0 spiro atoms. The molecule has 0 aliphatic carbocycles. The molecule has 2 amide bonds. The number of hydrogen-bond acceptors (Lipinski definition) is 5. The smallest absolute Gasteiger partial charge is 0.415 e. The Morgan fingerprint density at radius 2 is 2.25 bits per heavy atom. The normalized spacial score (nSPS) is 18.4. The summed E-state index contributed by atoms with van der Waals surface area (Å²) < 4.78 is 9.74. The zero-order valence-corrected chi connectivity index (χ0v) is 10.9. The number of carbonyl (C=O) groups excluding carboxylic acids is 2. The number of nitrogens with zero attached hydrogens (tertiary/aromatic N) is 1. The van der Waals surface area contributed by atoms with Crippen LogP contribution in [0.15, 0.2) is 18.3 Å². The first kappa shape index (κ1) is 13.0. The van der Waals surface area contributed by atoms with E-state index >= 15 is 0 Å². The molecule has 0 saturated carbocycles. The van der Waals surface area contributed by atoms with Crippen LogP contribution in [0.5, 0.6) is 5.88 Å². The van der Waals surface area contributed by atoms with E-state index < -0.39 is 18.1 Å². The zero-order chi connectivity index (χ0) is 10.8. The van der Waals surface area contributed by atoms with Gasteiger partial charge in [-0.3, -0.25) is 10.1 Å². The van der Waals surface area contributed by atoms with E-state index in [4.69, 9.17) is 9.47 Å². The molecule has 1 atom stereocenters. The Morgan fingerprint density at radius 1 is 1.50 bits per heavy atom. The topological polar surface area (TPSA) is 77.5 Å². The Bertz CT molecular complexity index is 424. The molecule has 16 heavy (non-hydrogen) atoms. The standard InChI is InChI=1S/C9H8N2O4.Na/c1-14-8-5(3-2-4-10-8)6-7(12)11-9(13)15-6;/h2-4,6H,1H3,(H,11,12,13);. The molecule has 79 valence electrons. The van der Waals surface area contributed by atoms with Crippen molar-refractivity contribution in [3.63, 3.8) is 0 Å². The van der Waals surface area contributed by atoms with Crippen LogP contribution in [-0.4, -0.2) is 53.7 Å². The molecule has 1 aliphatic rings. The predicted molar refractivity (Wildman–Crippen MR) is 53.9 cm³/mol. The Hall–Kier alpha value is -1.11. The van der Waals surface area contributed by atoms with Crippen LogP contribution in [0, 0.1) is 0 Å². The predicted octanol–water partition coefficient (Wildman–Crippen LogP) is 0.0169. The number of methoxy groups -OCH3 is 1. The molecule has 1 N–H and O–H groups in total. The maximum Gasteiger partial charge on any atom is 0.415 e. The third kappa shape index (κ3) is 2.34. The van der Waals surface area contributed by atoms with Crippen molar-refractivity contribution >= 4 is 41.6 Å². The monoisotopic (exact) mass is 231 g/mol. The van der Waals surface area contributed by atoms with Crippen molar-refractivity contribution in [1.29, 1.82) is 0 Å². The van der Waals surface area contributed by atoms with Crippen LogP contribution in [0.4, 0.5) is 4.79 Å². The van der Waals surface area contributed by atoms with Crippen LogP contribution in [0.1, 0.15) is 11.7 Å². The molecular weight excluding hydrogens is 223 g/mol. The summed E-state index contributed by atoms with van der Waals surface area (Å²) in [4.78, 5) is 26.0. The number of rotatable bonds is 2. The Morgan fingerprint density at radius 3 is 2.81 bits per heavy atom. The van der Waals surface area contributed by atoms with Crippen molar-refractivity contribution in [3.8, 4) is 5.88 Å². The van der Waals surface area contributed by atoms with Gasteiger partial charge in [-0.2, -0.15) is 0 Å². The second kappa shape index (κ2) is 5.29. The largest absolute Gasteiger partial charge is 0.481 e. The molecule has 6 nitrogen and oxygen atoms in total. The van der Waals surface area contributed by atoms with Gasteiger partial charge in [-0.1, -0.05) is 0 Å². The quantitative estimate of drug-likeness (QED) is 0.726. The van der Waals surface area contributed by atoms with Crippen molar-refractivity contribution in [2.75, 3.05) is 7.11 Å². The van der Waals surface area contributed by atoms with Crippen LogP contribution in [0.25, 0.3) is 0 Å². The number of alkyl carbamates (subject to hydrolysis) is 1. The SMILES string of the molecule is COc1ncccc1C1OC(=O)NC1=O.[Na]. The van der Waals surface area contributed by atoms with Crippen LogP contribution in [-0.2, 0) is 9.53 Å². The summed E-state index contributed by atoms with van der Waals surface area (Å²) in [6, 6.07) is 3.26. The number of carbonyl (C=O) groups is 2. The van der Waals surface area contributed by atoms with E-state index in [1.54, 1.807) is 12.1 Å². The van der Waals surface area contributed by atoms with E-state index in [0.29, 0.717) is 5.56 Å². The minimum atomic E-state index is -0.971. The number of hydrogen-bond donors (Lipinski definition) is 1. The fourth-order valence-electron chi connectivity index (χ4n) is 1.33. The third-order valence-electron chi connectivity index (χ3n) is 1.96. The number of nitrogens with one attached hydrogen (secondary N) is 1. The van der Waals surface area contributed by atoms with Crippen molar-refractivity contribution in [2.24, 2.45) is 0 Å². The zero-order valence-electron chi connectivity index (χ0n) is 8.89. The van der Waals surface area contributed by atoms with Crippen molar-refractivity contribution in [2.45, 2.75) is 6.10 Å². The first-order valence-electron chi connectivity index (χ1n) is 4.22. The van der Waals surface area contributed by atoms with Gasteiger partial charge in [-0.15, -0.1) is 0 Å². The van der Waals surface area contributed by atoms with Crippen molar-refractivity contribution in [3.05, 3.63) is 23.9 Å². The molecule has 0 bridgehead atoms. The number of imide groups is 1. The van der Waals surface area contributed by atoms with Gasteiger partial charge in [0.05, 0.1) is 12.7 Å². The van der Waals surface area contributed by atoms with Crippen LogP contribution >= 0.6 is 0 Å². The second-order valence-electron chi connectivity index (χ2n) is 2.88. The molecule has 2 heterocycles. The van der Waals surface area contributed by atoms with Gasteiger partial charge in [0.15, 0.2) is 0 Å². The molecule has 0 aromatic carbocycles. The molecule has 1 saturated heterocycles. The molecule has 1 radical (unpaired) electrons. The maximum atomic E-state index is 11.3. The minimum absolute atomic E-state index is 0. The van der Waals surface area contributed by atoms with Gasteiger partial charge < -0.3 is 9.47 Å². The number of cyclic esters (lactones) is 1. The Balaban J connectivity index is 0.00000128. The Kier molecular flexibility index (Phi) is 4.28. The number of ether oxygens (including phenoxy) is 2. The fraction of sp³-hybridized carbons (Fsp3) is 0.222. The van der Waals surface area contributed by atoms with Gasteiger partial charge in [-0.25, -0.2) is 9.78 Å². The van der Waals surface area contributed by atoms with E-state index in [1.807, 2.05) is 5.32 Å². The molecule has 1 aromatic rings. The van der Waals surface area contributed by atoms with E-state index in [9.17, 15) is 9.59 Å². The second-order valence-corrected chi connectivity index (χ2v) is 2.88. The van der Waals surface area contributed by atoms with E-state index in [0.717, 1.165) is 0 Å². The molecule has 1 fully saturated rings. The molecular formula is C9H8N2NaO4. The summed E-state index contributed by atoms with van der Waals surface area (Å²) in [6.07, 6.45) is -0.200. The summed E-state index contributed by atoms with van der Waals surface area (Å²) in [5.74, 6) is -0.237. The van der Waals surface area contributed by atoms with E-state index in [-0.39, 0.29) is 35.4 Å². The number of aromatic nitrogens is 1. The molecule has 2 rings (SSSR count). The first-order valence-corrected chi connectivity index (χ1v) is 4.22. The van der Waals surface area contributed by atoms with Crippen molar-refractivity contribution in [1.82, 2.24) is 10.3 Å². The Labute approximate surface area is 114 Å². The van der Waals surface area contributed by atoms with Crippen LogP contribution < -0.4 is 10.1 Å². The number of pyridine rings is 1. The van der Waals surface area contributed by atoms with Gasteiger partial charge in [0.1, 0.15) is 0 Å². The van der Waals surface area contributed by atoms with Crippen LogP contribution in [0.3, 0.4) is 0 Å².